The Morgan fingerprint density at radius 1 is 1.00 bits per heavy atom. The summed E-state index contributed by atoms with van der Waals surface area (Å²) >= 11 is 22.1. The fourth-order valence-electron chi connectivity index (χ4n) is 3.57. The molecule has 9 heteroatoms. The Balaban J connectivity index is 1.93. The molecular weight excluding hydrogens is 587 g/mol. The molecule has 0 aliphatic carbocycles. The highest BCUT2D eigenvalue weighted by atomic mass is 79.9. The second-order valence-corrected chi connectivity index (χ2v) is 10.3. The van der Waals surface area contributed by atoms with Crippen molar-refractivity contribution >= 4 is 62.5 Å². The van der Waals surface area contributed by atoms with E-state index >= 15 is 0 Å². The lowest BCUT2D eigenvalue weighted by molar-refractivity contribution is -0.142. The van der Waals surface area contributed by atoms with E-state index < -0.39 is 6.04 Å². The first-order chi connectivity index (χ1) is 17.3. The number of carbonyl (C=O) groups is 2. The van der Waals surface area contributed by atoms with Crippen LogP contribution in [0.3, 0.4) is 0 Å². The molecule has 0 heterocycles. The molecule has 0 aromatic heterocycles. The minimum Gasteiger partial charge on any atom is -0.482 e. The molecule has 2 amide bonds. The van der Waals surface area contributed by atoms with Crippen molar-refractivity contribution in [1.29, 1.82) is 0 Å². The average Bonchev–Trinajstić information content (AvgIpc) is 2.85. The molecule has 0 aliphatic heterocycles. The van der Waals surface area contributed by atoms with E-state index in [1.165, 1.54) is 4.90 Å². The first-order valence-corrected chi connectivity index (χ1v) is 13.3. The zero-order chi connectivity index (χ0) is 26.1. The van der Waals surface area contributed by atoms with Crippen LogP contribution in [0.25, 0.3) is 0 Å². The summed E-state index contributed by atoms with van der Waals surface area (Å²) in [5.41, 5.74) is 1.59. The van der Waals surface area contributed by atoms with Crippen LogP contribution in [0, 0.1) is 0 Å². The third-order valence-corrected chi connectivity index (χ3v) is 6.80. The smallest absolute Gasteiger partial charge is 0.261 e. The number of hydrogen-bond donors (Lipinski definition) is 1. The van der Waals surface area contributed by atoms with E-state index in [2.05, 4.69) is 21.2 Å². The summed E-state index contributed by atoms with van der Waals surface area (Å²) in [6.45, 7) is 2.26. The number of ether oxygens (including phenoxy) is 1. The number of halogens is 4. The van der Waals surface area contributed by atoms with Crippen LogP contribution in [0.2, 0.25) is 15.1 Å². The van der Waals surface area contributed by atoms with E-state index in [1.54, 1.807) is 36.4 Å². The maximum Gasteiger partial charge on any atom is 0.261 e. The highest BCUT2D eigenvalue weighted by Gasteiger charge is 2.31. The normalized spacial score (nSPS) is 11.6. The molecule has 0 spiro atoms. The fraction of sp³-hybridized carbons (Fsp3) is 0.259. The third kappa shape index (κ3) is 8.13. The van der Waals surface area contributed by atoms with Crippen molar-refractivity contribution in [3.63, 3.8) is 0 Å². The zero-order valence-electron chi connectivity index (χ0n) is 19.6. The molecular formula is C27H26BrCl3N2O3. The van der Waals surface area contributed by atoms with Crippen LogP contribution in [0.15, 0.2) is 71.2 Å². The van der Waals surface area contributed by atoms with Crippen LogP contribution in [0.1, 0.15) is 24.5 Å². The van der Waals surface area contributed by atoms with E-state index in [0.717, 1.165) is 16.5 Å². The maximum absolute atomic E-state index is 13.6. The molecule has 5 nitrogen and oxygen atoms in total. The lowest BCUT2D eigenvalue weighted by atomic mass is 10.0. The fourth-order valence-corrected chi connectivity index (χ4v) is 4.76. The third-order valence-electron chi connectivity index (χ3n) is 5.42. The van der Waals surface area contributed by atoms with E-state index in [9.17, 15) is 9.59 Å². The Kier molecular flexibility index (Phi) is 10.9. The van der Waals surface area contributed by atoms with Crippen LogP contribution in [-0.4, -0.2) is 35.9 Å². The molecule has 0 fully saturated rings. The van der Waals surface area contributed by atoms with Gasteiger partial charge in [0.05, 0.1) is 5.02 Å². The summed E-state index contributed by atoms with van der Waals surface area (Å²) < 4.78 is 6.55. The number of rotatable bonds is 11. The van der Waals surface area contributed by atoms with Gasteiger partial charge in [-0.3, -0.25) is 9.59 Å². The molecule has 0 radical (unpaired) electrons. The van der Waals surface area contributed by atoms with E-state index in [4.69, 9.17) is 39.5 Å². The first-order valence-electron chi connectivity index (χ1n) is 11.4. The van der Waals surface area contributed by atoms with Crippen LogP contribution in [0.5, 0.6) is 5.75 Å². The van der Waals surface area contributed by atoms with Gasteiger partial charge in [0.2, 0.25) is 5.91 Å². The predicted octanol–water partition coefficient (Wildman–Crippen LogP) is 6.95. The van der Waals surface area contributed by atoms with E-state index in [-0.39, 0.29) is 25.0 Å². The van der Waals surface area contributed by atoms with Crippen molar-refractivity contribution in [3.8, 4) is 5.75 Å². The van der Waals surface area contributed by atoms with Crippen LogP contribution in [0.4, 0.5) is 0 Å². The molecule has 3 aromatic carbocycles. The quantitative estimate of drug-likeness (QED) is 0.255. The lowest BCUT2D eigenvalue weighted by Gasteiger charge is -2.31. The van der Waals surface area contributed by atoms with Crippen LogP contribution < -0.4 is 10.1 Å². The van der Waals surface area contributed by atoms with Gasteiger partial charge in [-0.15, -0.1) is 0 Å². The molecule has 3 rings (SSSR count). The maximum atomic E-state index is 13.6. The number of hydrogen-bond acceptors (Lipinski definition) is 3. The van der Waals surface area contributed by atoms with Gasteiger partial charge in [0.1, 0.15) is 11.8 Å². The molecule has 1 atom stereocenters. The van der Waals surface area contributed by atoms with Crippen molar-refractivity contribution in [3.05, 3.63) is 97.4 Å². The molecule has 0 unspecified atom stereocenters. The number of nitrogens with zero attached hydrogens (tertiary/aromatic N) is 1. The Labute approximate surface area is 234 Å². The molecule has 0 saturated carbocycles. The van der Waals surface area contributed by atoms with Gasteiger partial charge in [0.25, 0.3) is 5.91 Å². The highest BCUT2D eigenvalue weighted by molar-refractivity contribution is 9.10. The van der Waals surface area contributed by atoms with Crippen LogP contribution in [-0.2, 0) is 22.6 Å². The highest BCUT2D eigenvalue weighted by Crippen LogP contribution is 2.28. The van der Waals surface area contributed by atoms with Gasteiger partial charge in [-0.25, -0.2) is 0 Å². The molecule has 36 heavy (non-hydrogen) atoms. The second-order valence-electron chi connectivity index (χ2n) is 8.12. The van der Waals surface area contributed by atoms with E-state index in [0.29, 0.717) is 39.3 Å². The van der Waals surface area contributed by atoms with Gasteiger partial charge < -0.3 is 15.0 Å². The molecule has 0 aliphatic rings. The number of amides is 2. The minimum absolute atomic E-state index is 0.101. The minimum atomic E-state index is -0.790. The lowest BCUT2D eigenvalue weighted by Crippen LogP contribution is -2.51. The summed E-state index contributed by atoms with van der Waals surface area (Å²) in [5.74, 6) is -0.263. The number of carbonyl (C=O) groups excluding carboxylic acids is 2. The van der Waals surface area contributed by atoms with Gasteiger partial charge in [0, 0.05) is 34.0 Å². The largest absolute Gasteiger partial charge is 0.482 e. The van der Waals surface area contributed by atoms with Gasteiger partial charge in [-0.05, 0) is 47.9 Å². The Morgan fingerprint density at radius 2 is 1.75 bits per heavy atom. The molecule has 0 saturated heterocycles. The Hall–Kier alpha value is -2.25. The SMILES string of the molecule is CCCNC(=O)[C@@H](Cc1ccccc1)N(Cc1ccc(Cl)cc1Cl)C(=O)COc1ccc(Br)cc1Cl. The molecule has 190 valence electrons. The van der Waals surface area contributed by atoms with Gasteiger partial charge in [-0.1, -0.05) is 94.1 Å². The summed E-state index contributed by atoms with van der Waals surface area (Å²) in [5, 5.41) is 4.19. The topological polar surface area (TPSA) is 58.6 Å². The van der Waals surface area contributed by atoms with E-state index in [1.807, 2.05) is 37.3 Å². The van der Waals surface area contributed by atoms with Gasteiger partial charge in [0.15, 0.2) is 6.61 Å². The summed E-state index contributed by atoms with van der Waals surface area (Å²) in [6, 6.07) is 19.0. The van der Waals surface area contributed by atoms with Crippen molar-refractivity contribution < 1.29 is 14.3 Å². The van der Waals surface area contributed by atoms with Crippen molar-refractivity contribution in [2.45, 2.75) is 32.4 Å². The molecule has 3 aromatic rings. The first kappa shape index (κ1) is 28.3. The monoisotopic (exact) mass is 610 g/mol. The Morgan fingerprint density at radius 3 is 2.42 bits per heavy atom. The Bertz CT molecular complexity index is 1190. The van der Waals surface area contributed by atoms with Crippen molar-refractivity contribution in [2.24, 2.45) is 0 Å². The van der Waals surface area contributed by atoms with Crippen molar-refractivity contribution in [1.82, 2.24) is 10.2 Å². The standard InChI is InChI=1S/C27H26BrCl3N2O3/c1-2-12-32-27(35)24(13-18-6-4-3-5-7-18)33(16-19-8-10-21(29)15-22(19)30)26(34)17-36-25-11-9-20(28)14-23(25)31/h3-11,14-15,24H,2,12-13,16-17H2,1H3,(H,32,35)/t24-/m1/s1. The number of benzene rings is 3. The molecule has 1 N–H and O–H groups in total. The van der Waals surface area contributed by atoms with Crippen LogP contribution >= 0.6 is 50.7 Å². The molecule has 0 bridgehead atoms. The number of nitrogens with one attached hydrogen (secondary N) is 1. The summed E-state index contributed by atoms with van der Waals surface area (Å²) in [7, 11) is 0. The zero-order valence-corrected chi connectivity index (χ0v) is 23.5. The summed E-state index contributed by atoms with van der Waals surface area (Å²) in [6.07, 6.45) is 1.10. The predicted molar refractivity (Wildman–Crippen MR) is 149 cm³/mol. The second kappa shape index (κ2) is 13.9. The van der Waals surface area contributed by atoms with Gasteiger partial charge in [-0.2, -0.15) is 0 Å². The average molecular weight is 613 g/mol. The van der Waals surface area contributed by atoms with Crippen molar-refractivity contribution in [2.75, 3.05) is 13.2 Å². The summed E-state index contributed by atoms with van der Waals surface area (Å²) in [4.78, 5) is 28.4. The van der Waals surface area contributed by atoms with Gasteiger partial charge >= 0.3 is 0 Å².